The molecule has 2 heteroatoms. The molecule has 1 aromatic carbocycles. The van der Waals surface area contributed by atoms with Gasteiger partial charge in [0.25, 0.3) is 0 Å². The Hall–Kier alpha value is -0.890. The summed E-state index contributed by atoms with van der Waals surface area (Å²) in [4.78, 5) is 0. The summed E-state index contributed by atoms with van der Waals surface area (Å²) >= 11 is 0. The van der Waals surface area contributed by atoms with Crippen molar-refractivity contribution in [3.63, 3.8) is 0 Å². The lowest BCUT2D eigenvalue weighted by Gasteiger charge is -2.32. The van der Waals surface area contributed by atoms with Crippen LogP contribution in [0.25, 0.3) is 0 Å². The molecule has 2 rings (SSSR count). The van der Waals surface area contributed by atoms with Crippen molar-refractivity contribution in [3.05, 3.63) is 35.6 Å². The molecule has 0 aromatic heterocycles. The van der Waals surface area contributed by atoms with Crippen LogP contribution in [0, 0.1) is 17.2 Å². The third kappa shape index (κ3) is 2.86. The topological polar surface area (TPSA) is 26.0 Å². The van der Waals surface area contributed by atoms with Crippen molar-refractivity contribution in [1.82, 2.24) is 0 Å². The van der Waals surface area contributed by atoms with Gasteiger partial charge in [-0.3, -0.25) is 0 Å². The normalized spacial score (nSPS) is 24.8. The second kappa shape index (κ2) is 4.77. The fourth-order valence-corrected chi connectivity index (χ4v) is 3.23. The van der Waals surface area contributed by atoms with Gasteiger partial charge in [-0.1, -0.05) is 32.4 Å². The second-order valence-electron chi connectivity index (χ2n) is 5.99. The maximum absolute atomic E-state index is 13.1. The summed E-state index contributed by atoms with van der Waals surface area (Å²) in [5, 5.41) is 0. The van der Waals surface area contributed by atoms with E-state index in [0.29, 0.717) is 11.3 Å². The highest BCUT2D eigenvalue weighted by Crippen LogP contribution is 2.44. The molecule has 2 atom stereocenters. The molecule has 17 heavy (non-hydrogen) atoms. The molecular formula is C15H22FN. The van der Waals surface area contributed by atoms with Crippen molar-refractivity contribution in [2.24, 2.45) is 17.1 Å². The molecule has 1 nitrogen and oxygen atoms in total. The zero-order valence-corrected chi connectivity index (χ0v) is 10.7. The minimum absolute atomic E-state index is 0.147. The number of rotatable bonds is 3. The largest absolute Gasteiger partial charge is 0.327 e. The van der Waals surface area contributed by atoms with E-state index in [0.717, 1.165) is 12.0 Å². The van der Waals surface area contributed by atoms with Crippen LogP contribution in [0.2, 0.25) is 0 Å². The summed E-state index contributed by atoms with van der Waals surface area (Å²) in [6.07, 6.45) is 4.53. The number of nitrogens with two attached hydrogens (primary N) is 1. The Bertz CT molecular complexity index is 386. The Morgan fingerprint density at radius 3 is 2.82 bits per heavy atom. The van der Waals surface area contributed by atoms with Gasteiger partial charge in [0.2, 0.25) is 0 Å². The van der Waals surface area contributed by atoms with Gasteiger partial charge in [-0.15, -0.1) is 0 Å². The van der Waals surface area contributed by atoms with Crippen LogP contribution in [0.5, 0.6) is 0 Å². The first-order valence-electron chi connectivity index (χ1n) is 6.49. The fourth-order valence-electron chi connectivity index (χ4n) is 3.23. The molecule has 0 bridgehead atoms. The lowest BCUT2D eigenvalue weighted by molar-refractivity contribution is 0.220. The first-order chi connectivity index (χ1) is 7.99. The Morgan fingerprint density at radius 2 is 2.24 bits per heavy atom. The van der Waals surface area contributed by atoms with E-state index in [9.17, 15) is 4.39 Å². The summed E-state index contributed by atoms with van der Waals surface area (Å²) < 4.78 is 13.1. The van der Waals surface area contributed by atoms with E-state index in [4.69, 9.17) is 5.73 Å². The molecule has 1 saturated carbocycles. The fraction of sp³-hybridized carbons (Fsp3) is 0.600. The number of halogens is 1. The Morgan fingerprint density at radius 1 is 1.47 bits per heavy atom. The SMILES string of the molecule is CC1(C)CCCC1C(N)Cc1cccc(F)c1. The van der Waals surface area contributed by atoms with Crippen molar-refractivity contribution in [3.8, 4) is 0 Å². The van der Waals surface area contributed by atoms with Crippen molar-refractivity contribution in [2.75, 3.05) is 0 Å². The number of hydrogen-bond acceptors (Lipinski definition) is 1. The maximum Gasteiger partial charge on any atom is 0.123 e. The minimum Gasteiger partial charge on any atom is -0.327 e. The van der Waals surface area contributed by atoms with E-state index in [1.54, 1.807) is 12.1 Å². The average molecular weight is 235 g/mol. The third-order valence-corrected chi connectivity index (χ3v) is 4.22. The van der Waals surface area contributed by atoms with Crippen molar-refractivity contribution >= 4 is 0 Å². The van der Waals surface area contributed by atoms with E-state index >= 15 is 0 Å². The van der Waals surface area contributed by atoms with E-state index in [1.165, 1.54) is 25.3 Å². The van der Waals surface area contributed by atoms with Crippen molar-refractivity contribution < 1.29 is 4.39 Å². The summed E-state index contributed by atoms with van der Waals surface area (Å²) in [5.41, 5.74) is 7.67. The highest BCUT2D eigenvalue weighted by molar-refractivity contribution is 5.18. The maximum atomic E-state index is 13.1. The van der Waals surface area contributed by atoms with Gasteiger partial charge in [-0.05, 0) is 48.3 Å². The molecular weight excluding hydrogens is 213 g/mol. The molecule has 0 amide bonds. The summed E-state index contributed by atoms with van der Waals surface area (Å²) in [5.74, 6) is 0.395. The van der Waals surface area contributed by atoms with Crippen LogP contribution in [0.1, 0.15) is 38.7 Å². The molecule has 0 saturated heterocycles. The summed E-state index contributed by atoms with van der Waals surface area (Å²) in [6.45, 7) is 4.60. The van der Waals surface area contributed by atoms with Crippen LogP contribution >= 0.6 is 0 Å². The second-order valence-corrected chi connectivity index (χ2v) is 5.99. The van der Waals surface area contributed by atoms with Crippen LogP contribution in [-0.4, -0.2) is 6.04 Å². The van der Waals surface area contributed by atoms with E-state index < -0.39 is 0 Å². The minimum atomic E-state index is -0.166. The Balaban J connectivity index is 2.04. The molecule has 1 fully saturated rings. The van der Waals surface area contributed by atoms with Gasteiger partial charge < -0.3 is 5.73 Å². The molecule has 94 valence electrons. The molecule has 0 spiro atoms. The first kappa shape index (κ1) is 12.6. The smallest absolute Gasteiger partial charge is 0.123 e. The van der Waals surface area contributed by atoms with Gasteiger partial charge in [0.1, 0.15) is 5.82 Å². The Labute approximate surface area is 103 Å². The number of benzene rings is 1. The van der Waals surface area contributed by atoms with Crippen LogP contribution < -0.4 is 5.73 Å². The number of hydrogen-bond donors (Lipinski definition) is 1. The van der Waals surface area contributed by atoms with Gasteiger partial charge in [0.05, 0.1) is 0 Å². The van der Waals surface area contributed by atoms with E-state index in [-0.39, 0.29) is 11.9 Å². The van der Waals surface area contributed by atoms with E-state index in [1.807, 2.05) is 6.07 Å². The quantitative estimate of drug-likeness (QED) is 0.852. The molecule has 0 radical (unpaired) electrons. The highest BCUT2D eigenvalue weighted by atomic mass is 19.1. The third-order valence-electron chi connectivity index (χ3n) is 4.22. The van der Waals surface area contributed by atoms with Crippen LogP contribution in [0.3, 0.4) is 0 Å². The van der Waals surface area contributed by atoms with E-state index in [2.05, 4.69) is 13.8 Å². The predicted octanol–water partition coefficient (Wildman–Crippen LogP) is 3.52. The van der Waals surface area contributed by atoms with Gasteiger partial charge in [-0.2, -0.15) is 0 Å². The zero-order valence-electron chi connectivity index (χ0n) is 10.7. The zero-order chi connectivity index (χ0) is 12.5. The predicted molar refractivity (Wildman–Crippen MR) is 69.2 cm³/mol. The first-order valence-corrected chi connectivity index (χ1v) is 6.49. The molecule has 1 aliphatic rings. The molecule has 2 N–H and O–H groups in total. The molecule has 1 aliphatic carbocycles. The van der Waals surface area contributed by atoms with Gasteiger partial charge >= 0.3 is 0 Å². The Kier molecular flexibility index (Phi) is 3.53. The highest BCUT2D eigenvalue weighted by Gasteiger charge is 2.37. The van der Waals surface area contributed by atoms with Crippen molar-refractivity contribution in [1.29, 1.82) is 0 Å². The van der Waals surface area contributed by atoms with Crippen molar-refractivity contribution in [2.45, 2.75) is 45.6 Å². The summed E-state index contributed by atoms with van der Waals surface area (Å²) in [6, 6.07) is 6.95. The average Bonchev–Trinajstić information content (AvgIpc) is 2.58. The molecule has 2 unspecified atom stereocenters. The van der Waals surface area contributed by atoms with Crippen LogP contribution in [-0.2, 0) is 6.42 Å². The van der Waals surface area contributed by atoms with Gasteiger partial charge in [0.15, 0.2) is 0 Å². The lowest BCUT2D eigenvalue weighted by Crippen LogP contribution is -2.38. The monoisotopic (exact) mass is 235 g/mol. The summed E-state index contributed by atoms with van der Waals surface area (Å²) in [7, 11) is 0. The van der Waals surface area contributed by atoms with Crippen LogP contribution in [0.15, 0.2) is 24.3 Å². The molecule has 0 aliphatic heterocycles. The lowest BCUT2D eigenvalue weighted by atomic mass is 9.76. The van der Waals surface area contributed by atoms with Gasteiger partial charge in [-0.25, -0.2) is 4.39 Å². The standard InChI is InChI=1S/C15H22FN/c1-15(2)8-4-7-13(15)14(17)10-11-5-3-6-12(16)9-11/h3,5-6,9,13-14H,4,7-8,10,17H2,1-2H3. The van der Waals surface area contributed by atoms with Crippen LogP contribution in [0.4, 0.5) is 4.39 Å². The molecule has 1 aromatic rings. The van der Waals surface area contributed by atoms with Gasteiger partial charge in [0, 0.05) is 6.04 Å². The molecule has 0 heterocycles.